The van der Waals surface area contributed by atoms with Crippen molar-refractivity contribution in [2.24, 2.45) is 0 Å². The van der Waals surface area contributed by atoms with E-state index in [2.05, 4.69) is 10.6 Å². The summed E-state index contributed by atoms with van der Waals surface area (Å²) in [5.41, 5.74) is 0.348. The highest BCUT2D eigenvalue weighted by molar-refractivity contribution is 5.91. The number of nitrogens with zero attached hydrogens (tertiary/aromatic N) is 1. The molecule has 5 nitrogen and oxygen atoms in total. The van der Waals surface area contributed by atoms with Gasteiger partial charge in [0.2, 0.25) is 0 Å². The van der Waals surface area contributed by atoms with E-state index >= 15 is 0 Å². The summed E-state index contributed by atoms with van der Waals surface area (Å²) in [6, 6.07) is 3.79. The lowest BCUT2D eigenvalue weighted by Gasteiger charge is -2.27. The maximum atomic E-state index is 13.1. The van der Waals surface area contributed by atoms with Gasteiger partial charge in [-0.05, 0) is 12.1 Å². The molecule has 0 atom stereocenters. The number of methoxy groups -OCH3 is 1. The number of carbonyl (C=O) groups excluding carboxylic acids is 1. The second-order valence-electron chi connectivity index (χ2n) is 4.01. The molecular weight excluding hydrogens is 237 g/mol. The largest absolute Gasteiger partial charge is 0.495 e. The van der Waals surface area contributed by atoms with Crippen LogP contribution in [0.15, 0.2) is 18.2 Å². The predicted octanol–water partition coefficient (Wildman–Crippen LogP) is 1.27. The Balaban J connectivity index is 2.07. The van der Waals surface area contributed by atoms with E-state index in [1.165, 1.54) is 25.3 Å². The lowest BCUT2D eigenvalue weighted by atomic mass is 10.3. The van der Waals surface area contributed by atoms with E-state index < -0.39 is 5.82 Å². The van der Waals surface area contributed by atoms with Gasteiger partial charge in [-0.3, -0.25) is 0 Å². The zero-order valence-electron chi connectivity index (χ0n) is 10.2. The van der Waals surface area contributed by atoms with Crippen LogP contribution in [-0.2, 0) is 0 Å². The van der Waals surface area contributed by atoms with Gasteiger partial charge in [0, 0.05) is 32.2 Å². The van der Waals surface area contributed by atoms with Crippen molar-refractivity contribution in [2.45, 2.75) is 0 Å². The first kappa shape index (κ1) is 12.6. The smallest absolute Gasteiger partial charge is 0.322 e. The Kier molecular flexibility index (Phi) is 3.99. The highest BCUT2D eigenvalue weighted by atomic mass is 19.1. The Morgan fingerprint density at radius 1 is 1.44 bits per heavy atom. The Labute approximate surface area is 105 Å². The van der Waals surface area contributed by atoms with E-state index in [-0.39, 0.29) is 6.03 Å². The third-order valence-corrected chi connectivity index (χ3v) is 2.81. The van der Waals surface area contributed by atoms with Crippen molar-refractivity contribution in [2.75, 3.05) is 38.6 Å². The van der Waals surface area contributed by atoms with Crippen LogP contribution in [0, 0.1) is 5.82 Å². The third kappa shape index (κ3) is 2.89. The van der Waals surface area contributed by atoms with Crippen LogP contribution in [0.5, 0.6) is 5.75 Å². The summed E-state index contributed by atoms with van der Waals surface area (Å²) in [6.45, 7) is 2.83. The van der Waals surface area contributed by atoms with Crippen LogP contribution in [0.1, 0.15) is 0 Å². The van der Waals surface area contributed by atoms with E-state index in [4.69, 9.17) is 4.74 Å². The predicted molar refractivity (Wildman–Crippen MR) is 66.4 cm³/mol. The standard InChI is InChI=1S/C12H16FN3O2/c1-18-11-3-2-9(13)8-10(11)15-12(17)16-6-4-14-5-7-16/h2-3,8,14H,4-7H2,1H3,(H,15,17). The van der Waals surface area contributed by atoms with Gasteiger partial charge < -0.3 is 20.3 Å². The number of urea groups is 1. The average molecular weight is 253 g/mol. The van der Waals surface area contributed by atoms with E-state index in [1.807, 2.05) is 0 Å². The maximum absolute atomic E-state index is 13.1. The second-order valence-corrected chi connectivity index (χ2v) is 4.01. The first-order valence-corrected chi connectivity index (χ1v) is 5.81. The number of nitrogens with one attached hydrogen (secondary N) is 2. The normalized spacial score (nSPS) is 15.3. The summed E-state index contributed by atoms with van der Waals surface area (Å²) in [5, 5.41) is 5.82. The lowest BCUT2D eigenvalue weighted by Crippen LogP contribution is -2.48. The molecule has 1 aromatic rings. The molecule has 1 aromatic carbocycles. The van der Waals surface area contributed by atoms with Crippen molar-refractivity contribution in [1.82, 2.24) is 10.2 Å². The highest BCUT2D eigenvalue weighted by Gasteiger charge is 2.17. The monoisotopic (exact) mass is 253 g/mol. The number of halogens is 1. The van der Waals surface area contributed by atoms with Gasteiger partial charge in [0.15, 0.2) is 0 Å². The van der Waals surface area contributed by atoms with Crippen LogP contribution < -0.4 is 15.4 Å². The average Bonchev–Trinajstić information content (AvgIpc) is 2.40. The summed E-state index contributed by atoms with van der Waals surface area (Å²) in [5.74, 6) is 0.0336. The van der Waals surface area contributed by atoms with E-state index in [0.717, 1.165) is 13.1 Å². The molecule has 0 bridgehead atoms. The van der Waals surface area contributed by atoms with Gasteiger partial charge in [-0.25, -0.2) is 9.18 Å². The topological polar surface area (TPSA) is 53.6 Å². The molecule has 1 fully saturated rings. The highest BCUT2D eigenvalue weighted by Crippen LogP contribution is 2.25. The number of anilines is 1. The number of hydrogen-bond donors (Lipinski definition) is 2. The number of hydrogen-bond acceptors (Lipinski definition) is 3. The zero-order valence-corrected chi connectivity index (χ0v) is 10.2. The van der Waals surface area contributed by atoms with Crippen molar-refractivity contribution in [1.29, 1.82) is 0 Å². The van der Waals surface area contributed by atoms with Gasteiger partial charge in [0.1, 0.15) is 11.6 Å². The fraction of sp³-hybridized carbons (Fsp3) is 0.417. The van der Waals surface area contributed by atoms with Crippen molar-refractivity contribution in [3.05, 3.63) is 24.0 Å². The number of piperazine rings is 1. The van der Waals surface area contributed by atoms with Gasteiger partial charge in [0.25, 0.3) is 0 Å². The van der Waals surface area contributed by atoms with Crippen LogP contribution in [0.2, 0.25) is 0 Å². The van der Waals surface area contributed by atoms with Gasteiger partial charge in [-0.2, -0.15) is 0 Å². The van der Waals surface area contributed by atoms with Crippen molar-refractivity contribution >= 4 is 11.7 Å². The zero-order chi connectivity index (χ0) is 13.0. The Morgan fingerprint density at radius 2 is 2.17 bits per heavy atom. The third-order valence-electron chi connectivity index (χ3n) is 2.81. The fourth-order valence-electron chi connectivity index (χ4n) is 1.84. The molecule has 1 aliphatic heterocycles. The van der Waals surface area contributed by atoms with Gasteiger partial charge in [0.05, 0.1) is 12.8 Å². The number of carbonyl (C=O) groups is 1. The second kappa shape index (κ2) is 5.68. The SMILES string of the molecule is COc1ccc(F)cc1NC(=O)N1CCNCC1. The number of ether oxygens (including phenoxy) is 1. The first-order chi connectivity index (χ1) is 8.70. The molecule has 0 spiro atoms. The first-order valence-electron chi connectivity index (χ1n) is 5.81. The lowest BCUT2D eigenvalue weighted by molar-refractivity contribution is 0.203. The molecule has 1 heterocycles. The van der Waals surface area contributed by atoms with Crippen molar-refractivity contribution in [3.8, 4) is 5.75 Å². The Hall–Kier alpha value is -1.82. The molecule has 2 amide bonds. The van der Waals surface area contributed by atoms with Crippen molar-refractivity contribution < 1.29 is 13.9 Å². The minimum atomic E-state index is -0.411. The van der Waals surface area contributed by atoms with Gasteiger partial charge in [-0.15, -0.1) is 0 Å². The molecule has 0 radical (unpaired) electrons. The molecule has 2 N–H and O–H groups in total. The summed E-state index contributed by atoms with van der Waals surface area (Å²) >= 11 is 0. The van der Waals surface area contributed by atoms with E-state index in [9.17, 15) is 9.18 Å². The summed E-state index contributed by atoms with van der Waals surface area (Å²) in [4.78, 5) is 13.6. The van der Waals surface area contributed by atoms with Crippen molar-refractivity contribution in [3.63, 3.8) is 0 Å². The molecule has 98 valence electrons. The summed E-state index contributed by atoms with van der Waals surface area (Å²) in [7, 11) is 1.48. The molecule has 0 unspecified atom stereocenters. The molecule has 0 aromatic heterocycles. The van der Waals surface area contributed by atoms with Crippen LogP contribution >= 0.6 is 0 Å². The molecule has 0 saturated carbocycles. The molecule has 1 saturated heterocycles. The van der Waals surface area contributed by atoms with Crippen LogP contribution in [0.3, 0.4) is 0 Å². The van der Waals surface area contributed by atoms with Gasteiger partial charge >= 0.3 is 6.03 Å². The number of benzene rings is 1. The van der Waals surface area contributed by atoms with Crippen LogP contribution in [-0.4, -0.2) is 44.2 Å². The summed E-state index contributed by atoms with van der Waals surface area (Å²) < 4.78 is 18.2. The van der Waals surface area contributed by atoms with Gasteiger partial charge in [-0.1, -0.05) is 0 Å². The maximum Gasteiger partial charge on any atom is 0.322 e. The summed E-state index contributed by atoms with van der Waals surface area (Å²) in [6.07, 6.45) is 0. The van der Waals surface area contributed by atoms with Crippen LogP contribution in [0.25, 0.3) is 0 Å². The quantitative estimate of drug-likeness (QED) is 0.834. The molecular formula is C12H16FN3O2. The Bertz CT molecular complexity index is 433. The molecule has 6 heteroatoms. The molecule has 18 heavy (non-hydrogen) atoms. The molecule has 1 aliphatic rings. The molecule has 2 rings (SSSR count). The van der Waals surface area contributed by atoms with Crippen LogP contribution in [0.4, 0.5) is 14.9 Å². The minimum Gasteiger partial charge on any atom is -0.495 e. The minimum absolute atomic E-state index is 0.236. The number of amides is 2. The fourth-order valence-corrected chi connectivity index (χ4v) is 1.84. The van der Waals surface area contributed by atoms with E-state index in [0.29, 0.717) is 24.5 Å². The number of rotatable bonds is 2. The van der Waals surface area contributed by atoms with E-state index in [1.54, 1.807) is 4.90 Å². The molecule has 0 aliphatic carbocycles. The Morgan fingerprint density at radius 3 is 2.83 bits per heavy atom.